The van der Waals surface area contributed by atoms with Crippen LogP contribution in [0.1, 0.15) is 10.4 Å². The van der Waals surface area contributed by atoms with Crippen LogP contribution in [0.3, 0.4) is 0 Å². The maximum Gasteiger partial charge on any atom is 0.228 e. The van der Waals surface area contributed by atoms with Crippen LogP contribution in [0.25, 0.3) is 43.2 Å². The number of fused-ring (bicyclic) bond motifs is 4. The Morgan fingerprint density at radius 1 is 0.581 bits per heavy atom. The van der Waals surface area contributed by atoms with Crippen LogP contribution in [0, 0.1) is 0 Å². The van der Waals surface area contributed by atoms with Gasteiger partial charge in [0.25, 0.3) is 0 Å². The number of Topliss-reactive ketones (excluding diaryl/α,β-unsaturated/α-hetero) is 1. The first kappa shape index (κ1) is 17.8. The third-order valence-corrected chi connectivity index (χ3v) is 6.11. The highest BCUT2D eigenvalue weighted by atomic mass is 16.1. The molecule has 1 heterocycles. The van der Waals surface area contributed by atoms with Crippen LogP contribution in [-0.4, -0.2) is 5.78 Å². The number of carbonyl (C=O) groups excluding carboxylic acids is 1. The van der Waals surface area contributed by atoms with Gasteiger partial charge in [-0.25, -0.2) is 0 Å². The van der Waals surface area contributed by atoms with Gasteiger partial charge >= 0.3 is 0 Å². The predicted molar refractivity (Wildman–Crippen MR) is 127 cm³/mol. The highest BCUT2D eigenvalue weighted by Gasteiger charge is 2.20. The maximum absolute atomic E-state index is 13.8. The standard InChI is InChI=1S/C29H20NO/c31-28(19-30-15-7-12-20-8-4-6-14-27(20)30)29-25-13-5-3-11-23(25)17-24-16-21-9-1-2-10-22(21)18-26(24)29/h1-18H,19H2/q+1. The largest absolute Gasteiger partial charge is 0.287 e. The molecule has 0 amide bonds. The third-order valence-electron chi connectivity index (χ3n) is 6.11. The fourth-order valence-electron chi connectivity index (χ4n) is 4.65. The summed E-state index contributed by atoms with van der Waals surface area (Å²) in [6.45, 7) is 0.303. The molecule has 146 valence electrons. The molecule has 2 nitrogen and oxygen atoms in total. The van der Waals surface area contributed by atoms with Crippen molar-refractivity contribution in [1.82, 2.24) is 0 Å². The summed E-state index contributed by atoms with van der Waals surface area (Å²) in [5.74, 6) is 0.124. The molecule has 0 N–H and O–H groups in total. The van der Waals surface area contributed by atoms with E-state index < -0.39 is 0 Å². The van der Waals surface area contributed by atoms with Crippen molar-refractivity contribution in [3.63, 3.8) is 0 Å². The van der Waals surface area contributed by atoms with Crippen molar-refractivity contribution in [3.8, 4) is 0 Å². The van der Waals surface area contributed by atoms with Crippen LogP contribution in [0.5, 0.6) is 0 Å². The molecule has 1 aromatic heterocycles. The van der Waals surface area contributed by atoms with E-state index in [0.29, 0.717) is 6.54 Å². The molecule has 31 heavy (non-hydrogen) atoms. The third kappa shape index (κ3) is 2.96. The number of ketones is 1. The molecule has 0 spiro atoms. The van der Waals surface area contributed by atoms with Gasteiger partial charge in [0.2, 0.25) is 17.8 Å². The molecule has 0 bridgehead atoms. The second-order valence-corrected chi connectivity index (χ2v) is 8.01. The second-order valence-electron chi connectivity index (χ2n) is 8.01. The first-order chi connectivity index (χ1) is 15.3. The number of benzene rings is 5. The van der Waals surface area contributed by atoms with Gasteiger partial charge < -0.3 is 0 Å². The van der Waals surface area contributed by atoms with E-state index in [0.717, 1.165) is 43.4 Å². The van der Waals surface area contributed by atoms with Crippen molar-refractivity contribution < 1.29 is 9.36 Å². The molecule has 6 rings (SSSR count). The van der Waals surface area contributed by atoms with Gasteiger partial charge in [-0.1, -0.05) is 60.7 Å². The van der Waals surface area contributed by atoms with E-state index in [2.05, 4.69) is 66.7 Å². The van der Waals surface area contributed by atoms with E-state index in [4.69, 9.17) is 0 Å². The lowest BCUT2D eigenvalue weighted by atomic mass is 9.92. The van der Waals surface area contributed by atoms with Crippen LogP contribution in [-0.2, 0) is 6.54 Å². The molecular formula is C29H20NO+. The highest BCUT2D eigenvalue weighted by molar-refractivity contribution is 6.20. The first-order valence-electron chi connectivity index (χ1n) is 10.5. The summed E-state index contributed by atoms with van der Waals surface area (Å²) in [5, 5.41) is 7.69. The molecule has 0 saturated carbocycles. The van der Waals surface area contributed by atoms with Crippen molar-refractivity contribution in [2.75, 3.05) is 0 Å². The fourth-order valence-corrected chi connectivity index (χ4v) is 4.65. The Morgan fingerprint density at radius 2 is 1.19 bits per heavy atom. The molecule has 5 aromatic carbocycles. The summed E-state index contributed by atoms with van der Waals surface area (Å²) in [4.78, 5) is 13.8. The molecule has 6 aromatic rings. The van der Waals surface area contributed by atoms with E-state index in [1.807, 2.05) is 47.2 Å². The lowest BCUT2D eigenvalue weighted by molar-refractivity contribution is -0.657. The predicted octanol–water partition coefficient (Wildman–Crippen LogP) is 6.47. The smallest absolute Gasteiger partial charge is 0.228 e. The Kier molecular flexibility index (Phi) is 4.03. The molecule has 0 aliphatic carbocycles. The summed E-state index contributed by atoms with van der Waals surface area (Å²) >= 11 is 0. The Hall–Kier alpha value is -4.04. The van der Waals surface area contributed by atoms with E-state index in [9.17, 15) is 4.79 Å². The molecule has 0 aliphatic rings. The molecule has 0 fully saturated rings. The second kappa shape index (κ2) is 7.03. The minimum atomic E-state index is 0.124. The topological polar surface area (TPSA) is 20.9 Å². The minimum Gasteiger partial charge on any atom is -0.287 e. The number of hydrogen-bond donors (Lipinski definition) is 0. The number of pyridine rings is 1. The van der Waals surface area contributed by atoms with Gasteiger partial charge in [-0.15, -0.1) is 0 Å². The van der Waals surface area contributed by atoms with Crippen LogP contribution >= 0.6 is 0 Å². The van der Waals surface area contributed by atoms with E-state index in [-0.39, 0.29) is 5.78 Å². The molecule has 0 atom stereocenters. The zero-order valence-corrected chi connectivity index (χ0v) is 17.0. The van der Waals surface area contributed by atoms with Crippen LogP contribution in [0.15, 0.2) is 109 Å². The van der Waals surface area contributed by atoms with Crippen molar-refractivity contribution in [3.05, 3.63) is 115 Å². The number of para-hydroxylation sites is 1. The molecule has 0 radical (unpaired) electrons. The Labute approximate surface area is 180 Å². The summed E-state index contributed by atoms with van der Waals surface area (Å²) in [6, 6.07) is 35.3. The number of rotatable bonds is 3. The zero-order chi connectivity index (χ0) is 20.8. The molecule has 0 saturated heterocycles. The lowest BCUT2D eigenvalue weighted by Crippen LogP contribution is -2.38. The van der Waals surface area contributed by atoms with Gasteiger partial charge in [0.1, 0.15) is 0 Å². The number of carbonyl (C=O) groups is 1. The average molecular weight is 398 g/mol. The van der Waals surface area contributed by atoms with Gasteiger partial charge in [-0.3, -0.25) is 4.79 Å². The van der Waals surface area contributed by atoms with E-state index in [1.54, 1.807) is 0 Å². The molecule has 0 aliphatic heterocycles. The van der Waals surface area contributed by atoms with Crippen molar-refractivity contribution >= 4 is 49.0 Å². The highest BCUT2D eigenvalue weighted by Crippen LogP contribution is 2.32. The fraction of sp³-hybridized carbons (Fsp3) is 0.0345. The summed E-state index contributed by atoms with van der Waals surface area (Å²) in [5.41, 5.74) is 1.87. The zero-order valence-electron chi connectivity index (χ0n) is 17.0. The normalized spacial score (nSPS) is 11.5. The first-order valence-corrected chi connectivity index (χ1v) is 10.5. The van der Waals surface area contributed by atoms with Gasteiger partial charge in [0.05, 0.1) is 0 Å². The van der Waals surface area contributed by atoms with Gasteiger partial charge in [-0.05, 0) is 62.6 Å². The summed E-state index contributed by atoms with van der Waals surface area (Å²) in [6.07, 6.45) is 1.99. The van der Waals surface area contributed by atoms with Crippen LogP contribution in [0.4, 0.5) is 0 Å². The van der Waals surface area contributed by atoms with E-state index in [1.165, 1.54) is 5.39 Å². The monoisotopic (exact) mass is 398 g/mol. The van der Waals surface area contributed by atoms with Crippen molar-refractivity contribution in [2.24, 2.45) is 0 Å². The molecular weight excluding hydrogens is 378 g/mol. The number of nitrogens with zero attached hydrogens (tertiary/aromatic N) is 1. The Morgan fingerprint density at radius 3 is 2.03 bits per heavy atom. The Balaban J connectivity index is 1.60. The van der Waals surface area contributed by atoms with Gasteiger partial charge in [-0.2, -0.15) is 4.57 Å². The lowest BCUT2D eigenvalue weighted by Gasteiger charge is -2.11. The van der Waals surface area contributed by atoms with Gasteiger partial charge in [0.15, 0.2) is 6.20 Å². The molecule has 2 heteroatoms. The molecule has 0 unspecified atom stereocenters. The SMILES string of the molecule is O=C(C[n+]1cccc2ccccc21)c1c2ccccc2cc2cc3ccccc3cc12. The average Bonchev–Trinajstić information content (AvgIpc) is 2.81. The summed E-state index contributed by atoms with van der Waals surface area (Å²) < 4.78 is 2.05. The minimum absolute atomic E-state index is 0.124. The number of aromatic nitrogens is 1. The van der Waals surface area contributed by atoms with Crippen LogP contribution in [0.2, 0.25) is 0 Å². The van der Waals surface area contributed by atoms with Gasteiger partial charge in [0, 0.05) is 23.1 Å². The van der Waals surface area contributed by atoms with Crippen molar-refractivity contribution in [1.29, 1.82) is 0 Å². The quantitative estimate of drug-likeness (QED) is 0.190. The van der Waals surface area contributed by atoms with Crippen LogP contribution < -0.4 is 4.57 Å². The summed E-state index contributed by atoms with van der Waals surface area (Å²) in [7, 11) is 0. The Bertz CT molecular complexity index is 1620. The van der Waals surface area contributed by atoms with Crippen molar-refractivity contribution in [2.45, 2.75) is 6.54 Å². The number of hydrogen-bond acceptors (Lipinski definition) is 1. The maximum atomic E-state index is 13.8. The van der Waals surface area contributed by atoms with E-state index >= 15 is 0 Å².